The average Bonchev–Trinajstić information content (AvgIpc) is 2.55. The summed E-state index contributed by atoms with van der Waals surface area (Å²) >= 11 is 5.12. The normalized spacial score (nSPS) is 10.5. The van der Waals surface area contributed by atoms with E-state index in [4.69, 9.17) is 12.2 Å². The number of para-hydroxylation sites is 2. The van der Waals surface area contributed by atoms with Gasteiger partial charge >= 0.3 is 5.97 Å². The Bertz CT molecular complexity index is 556. The number of carbonyl (C=O) groups excluding carboxylic acids is 1. The number of aromatic amines is 1. The van der Waals surface area contributed by atoms with Gasteiger partial charge in [0.05, 0.1) is 18.1 Å². The standard InChI is InChI=1S/C10H10N2O2S/c1-14-9(13)6-12-8-5-3-2-4-7(8)11-10(12)15/h2-5H,6H2,1H3,(H,11,15). The number of aromatic nitrogens is 2. The molecule has 1 N–H and O–H groups in total. The highest BCUT2D eigenvalue weighted by molar-refractivity contribution is 7.71. The zero-order valence-electron chi connectivity index (χ0n) is 8.19. The maximum Gasteiger partial charge on any atom is 0.325 e. The molecule has 0 amide bonds. The van der Waals surface area contributed by atoms with Crippen molar-refractivity contribution in [3.05, 3.63) is 29.0 Å². The number of hydrogen-bond acceptors (Lipinski definition) is 3. The molecular weight excluding hydrogens is 212 g/mol. The number of nitrogens with one attached hydrogen (secondary N) is 1. The number of benzene rings is 1. The van der Waals surface area contributed by atoms with Gasteiger partial charge in [0.15, 0.2) is 4.77 Å². The van der Waals surface area contributed by atoms with Crippen molar-refractivity contribution in [3.8, 4) is 0 Å². The highest BCUT2D eigenvalue weighted by Gasteiger charge is 2.07. The Morgan fingerprint density at radius 2 is 2.27 bits per heavy atom. The SMILES string of the molecule is COC(=O)Cn1c(=S)[nH]c2ccccc21. The fourth-order valence-electron chi connectivity index (χ4n) is 1.46. The number of H-pyrrole nitrogens is 1. The van der Waals surface area contributed by atoms with Crippen LogP contribution in [-0.2, 0) is 16.1 Å². The summed E-state index contributed by atoms with van der Waals surface area (Å²) in [7, 11) is 1.36. The van der Waals surface area contributed by atoms with E-state index in [0.29, 0.717) is 4.77 Å². The first-order chi connectivity index (χ1) is 7.22. The van der Waals surface area contributed by atoms with Crippen molar-refractivity contribution < 1.29 is 9.53 Å². The van der Waals surface area contributed by atoms with Crippen molar-refractivity contribution in [3.63, 3.8) is 0 Å². The van der Waals surface area contributed by atoms with Crippen LogP contribution in [0.25, 0.3) is 11.0 Å². The zero-order valence-corrected chi connectivity index (χ0v) is 9.00. The number of ether oxygens (including phenoxy) is 1. The van der Waals surface area contributed by atoms with Crippen LogP contribution in [0.5, 0.6) is 0 Å². The molecule has 0 saturated carbocycles. The lowest BCUT2D eigenvalue weighted by atomic mass is 10.3. The molecule has 0 unspecified atom stereocenters. The second-order valence-electron chi connectivity index (χ2n) is 3.11. The molecular formula is C10H10N2O2S. The Hall–Kier alpha value is -1.62. The number of carbonyl (C=O) groups is 1. The van der Waals surface area contributed by atoms with E-state index in [1.165, 1.54) is 7.11 Å². The van der Waals surface area contributed by atoms with E-state index >= 15 is 0 Å². The lowest BCUT2D eigenvalue weighted by molar-refractivity contribution is -0.141. The number of nitrogens with zero attached hydrogens (tertiary/aromatic N) is 1. The van der Waals surface area contributed by atoms with Gasteiger partial charge < -0.3 is 14.3 Å². The van der Waals surface area contributed by atoms with Gasteiger partial charge in [0, 0.05) is 0 Å². The van der Waals surface area contributed by atoms with Crippen LogP contribution >= 0.6 is 12.2 Å². The first-order valence-electron chi connectivity index (χ1n) is 4.46. The fourth-order valence-corrected chi connectivity index (χ4v) is 1.73. The molecule has 2 aromatic rings. The molecule has 0 spiro atoms. The predicted molar refractivity (Wildman–Crippen MR) is 59.1 cm³/mol. The molecule has 0 aliphatic heterocycles. The van der Waals surface area contributed by atoms with Crippen molar-refractivity contribution in [2.45, 2.75) is 6.54 Å². The summed E-state index contributed by atoms with van der Waals surface area (Å²) in [6.07, 6.45) is 0. The topological polar surface area (TPSA) is 47.0 Å². The molecule has 1 heterocycles. The lowest BCUT2D eigenvalue weighted by Gasteiger charge is -2.01. The van der Waals surface area contributed by atoms with Crippen molar-refractivity contribution in [1.29, 1.82) is 0 Å². The van der Waals surface area contributed by atoms with Gasteiger partial charge in [-0.25, -0.2) is 0 Å². The highest BCUT2D eigenvalue weighted by atomic mass is 32.1. The third-order valence-electron chi connectivity index (χ3n) is 2.20. The molecule has 1 aromatic heterocycles. The van der Waals surface area contributed by atoms with Crippen molar-refractivity contribution in [2.75, 3.05) is 7.11 Å². The summed E-state index contributed by atoms with van der Waals surface area (Å²) in [4.78, 5) is 14.2. The summed E-state index contributed by atoms with van der Waals surface area (Å²) in [5.74, 6) is -0.309. The molecule has 0 bridgehead atoms. The quantitative estimate of drug-likeness (QED) is 0.623. The lowest BCUT2D eigenvalue weighted by Crippen LogP contribution is -2.11. The van der Waals surface area contributed by atoms with E-state index in [-0.39, 0.29) is 12.5 Å². The molecule has 5 heteroatoms. The Kier molecular flexibility index (Phi) is 2.55. The Labute approximate surface area is 91.5 Å². The second kappa shape index (κ2) is 3.86. The smallest absolute Gasteiger partial charge is 0.325 e. The first-order valence-corrected chi connectivity index (χ1v) is 4.87. The number of fused-ring (bicyclic) bond motifs is 1. The van der Waals surface area contributed by atoms with Crippen LogP contribution < -0.4 is 0 Å². The molecule has 0 saturated heterocycles. The summed E-state index contributed by atoms with van der Waals surface area (Å²) < 4.78 is 6.86. The van der Waals surface area contributed by atoms with Gasteiger partial charge in [-0.1, -0.05) is 12.1 Å². The molecule has 15 heavy (non-hydrogen) atoms. The zero-order chi connectivity index (χ0) is 10.8. The van der Waals surface area contributed by atoms with Crippen LogP contribution in [0, 0.1) is 4.77 Å². The molecule has 2 rings (SSSR count). The maximum atomic E-state index is 11.2. The van der Waals surface area contributed by atoms with Gasteiger partial charge in [0.2, 0.25) is 0 Å². The molecule has 4 nitrogen and oxygen atoms in total. The molecule has 0 aliphatic carbocycles. The Balaban J connectivity index is 2.54. The predicted octanol–water partition coefficient (Wildman–Crippen LogP) is 1.87. The number of hydrogen-bond donors (Lipinski definition) is 1. The van der Waals surface area contributed by atoms with Gasteiger partial charge in [-0.15, -0.1) is 0 Å². The van der Waals surface area contributed by atoms with Crippen LogP contribution in [0.2, 0.25) is 0 Å². The van der Waals surface area contributed by atoms with E-state index in [9.17, 15) is 4.79 Å². The minimum atomic E-state index is -0.309. The fraction of sp³-hybridized carbons (Fsp3) is 0.200. The minimum absolute atomic E-state index is 0.138. The summed E-state index contributed by atoms with van der Waals surface area (Å²) in [6.45, 7) is 0.138. The van der Waals surface area contributed by atoms with E-state index in [2.05, 4.69) is 9.72 Å². The average molecular weight is 222 g/mol. The summed E-state index contributed by atoms with van der Waals surface area (Å²) in [5, 5.41) is 0. The van der Waals surface area contributed by atoms with Crippen LogP contribution in [-0.4, -0.2) is 22.6 Å². The number of methoxy groups -OCH3 is 1. The second-order valence-corrected chi connectivity index (χ2v) is 3.50. The van der Waals surface area contributed by atoms with Crippen molar-refractivity contribution >= 4 is 29.2 Å². The molecule has 78 valence electrons. The summed E-state index contributed by atoms with van der Waals surface area (Å²) in [5.41, 5.74) is 1.83. The Morgan fingerprint density at radius 1 is 1.53 bits per heavy atom. The van der Waals surface area contributed by atoms with Gasteiger partial charge in [0.1, 0.15) is 6.54 Å². The van der Waals surface area contributed by atoms with Crippen LogP contribution in [0.3, 0.4) is 0 Å². The van der Waals surface area contributed by atoms with E-state index in [0.717, 1.165) is 11.0 Å². The number of rotatable bonds is 2. The monoisotopic (exact) mass is 222 g/mol. The van der Waals surface area contributed by atoms with E-state index < -0.39 is 0 Å². The van der Waals surface area contributed by atoms with E-state index in [1.54, 1.807) is 4.57 Å². The van der Waals surface area contributed by atoms with E-state index in [1.807, 2.05) is 24.3 Å². The molecule has 0 radical (unpaired) electrons. The molecule has 0 atom stereocenters. The van der Waals surface area contributed by atoms with Crippen LogP contribution in [0.1, 0.15) is 0 Å². The van der Waals surface area contributed by atoms with Crippen LogP contribution in [0.15, 0.2) is 24.3 Å². The third kappa shape index (κ3) is 1.78. The first kappa shape index (κ1) is 9.92. The van der Waals surface area contributed by atoms with Gasteiger partial charge in [0.25, 0.3) is 0 Å². The number of imidazole rings is 1. The van der Waals surface area contributed by atoms with Gasteiger partial charge in [-0.2, -0.15) is 0 Å². The maximum absolute atomic E-state index is 11.2. The van der Waals surface area contributed by atoms with Gasteiger partial charge in [-0.3, -0.25) is 4.79 Å². The molecule has 1 aromatic carbocycles. The largest absolute Gasteiger partial charge is 0.468 e. The number of esters is 1. The van der Waals surface area contributed by atoms with Gasteiger partial charge in [-0.05, 0) is 24.4 Å². The molecule has 0 fully saturated rings. The third-order valence-corrected chi connectivity index (χ3v) is 2.52. The molecule has 0 aliphatic rings. The van der Waals surface area contributed by atoms with Crippen molar-refractivity contribution in [1.82, 2.24) is 9.55 Å². The van der Waals surface area contributed by atoms with Crippen LogP contribution in [0.4, 0.5) is 0 Å². The van der Waals surface area contributed by atoms with Crippen molar-refractivity contribution in [2.24, 2.45) is 0 Å². The highest BCUT2D eigenvalue weighted by Crippen LogP contribution is 2.13. The summed E-state index contributed by atoms with van der Waals surface area (Å²) in [6, 6.07) is 7.64. The Morgan fingerprint density at radius 3 is 3.00 bits per heavy atom. The minimum Gasteiger partial charge on any atom is -0.468 e.